The minimum absolute atomic E-state index is 0.0107. The zero-order chi connectivity index (χ0) is 13.3. The fourth-order valence-corrected chi connectivity index (χ4v) is 2.77. The molecule has 1 aromatic heterocycles. The van der Waals surface area contributed by atoms with Crippen molar-refractivity contribution in [2.24, 2.45) is 5.73 Å². The standard InChI is InChI=1S/C12H10BrNO3S/c13-7-4-3-6(12(16)17)9(11(7)15)10(14)8-2-1-5-18-8/h1-5,10,15H,14H2,(H,16,17)/t10-/m0/s1. The molecule has 4 nitrogen and oxygen atoms in total. The summed E-state index contributed by atoms with van der Waals surface area (Å²) in [4.78, 5) is 12.0. The molecular formula is C12H10BrNO3S. The number of hydrogen-bond donors (Lipinski definition) is 3. The molecule has 1 aromatic carbocycles. The summed E-state index contributed by atoms with van der Waals surface area (Å²) in [6.07, 6.45) is 0. The predicted octanol–water partition coefficient (Wildman–Crippen LogP) is 2.96. The molecule has 0 saturated heterocycles. The van der Waals surface area contributed by atoms with Gasteiger partial charge in [0.25, 0.3) is 0 Å². The fourth-order valence-electron chi connectivity index (χ4n) is 1.69. The van der Waals surface area contributed by atoms with Gasteiger partial charge in [-0.05, 0) is 39.5 Å². The largest absolute Gasteiger partial charge is 0.506 e. The number of aromatic hydroxyl groups is 1. The molecule has 0 aliphatic carbocycles. The molecule has 6 heteroatoms. The quantitative estimate of drug-likeness (QED) is 0.809. The van der Waals surface area contributed by atoms with E-state index in [-0.39, 0.29) is 16.9 Å². The fraction of sp³-hybridized carbons (Fsp3) is 0.0833. The molecule has 0 radical (unpaired) electrons. The summed E-state index contributed by atoms with van der Waals surface area (Å²) < 4.78 is 0.425. The third kappa shape index (κ3) is 2.27. The number of phenolic OH excluding ortho intramolecular Hbond substituents is 1. The van der Waals surface area contributed by atoms with Crippen LogP contribution in [-0.2, 0) is 0 Å². The number of aromatic carboxylic acids is 1. The van der Waals surface area contributed by atoms with Crippen molar-refractivity contribution in [1.29, 1.82) is 0 Å². The summed E-state index contributed by atoms with van der Waals surface area (Å²) in [5.41, 5.74) is 6.27. The third-order valence-corrected chi connectivity index (χ3v) is 4.15. The first-order valence-electron chi connectivity index (χ1n) is 5.06. The second kappa shape index (κ2) is 5.09. The van der Waals surface area contributed by atoms with E-state index in [0.717, 1.165) is 4.88 Å². The number of carboxylic acid groups (broad SMARTS) is 1. The number of benzene rings is 1. The van der Waals surface area contributed by atoms with Crippen molar-refractivity contribution in [3.8, 4) is 5.75 Å². The molecule has 0 aliphatic rings. The van der Waals surface area contributed by atoms with Crippen LogP contribution in [0.4, 0.5) is 0 Å². The Balaban J connectivity index is 2.61. The van der Waals surface area contributed by atoms with Gasteiger partial charge in [-0.3, -0.25) is 0 Å². The van der Waals surface area contributed by atoms with Gasteiger partial charge in [0.05, 0.1) is 16.1 Å². The van der Waals surface area contributed by atoms with Crippen molar-refractivity contribution < 1.29 is 15.0 Å². The Bertz CT molecular complexity index is 583. The van der Waals surface area contributed by atoms with Crippen molar-refractivity contribution in [2.75, 3.05) is 0 Å². The number of carbonyl (C=O) groups is 1. The lowest BCUT2D eigenvalue weighted by molar-refractivity contribution is 0.0694. The van der Waals surface area contributed by atoms with E-state index < -0.39 is 12.0 Å². The van der Waals surface area contributed by atoms with Crippen molar-refractivity contribution in [3.63, 3.8) is 0 Å². The van der Waals surface area contributed by atoms with E-state index in [1.54, 1.807) is 6.07 Å². The normalized spacial score (nSPS) is 12.3. The van der Waals surface area contributed by atoms with Gasteiger partial charge >= 0.3 is 5.97 Å². The zero-order valence-corrected chi connectivity index (χ0v) is 11.5. The van der Waals surface area contributed by atoms with Crippen LogP contribution >= 0.6 is 27.3 Å². The summed E-state index contributed by atoms with van der Waals surface area (Å²) in [6, 6.07) is 5.89. The smallest absolute Gasteiger partial charge is 0.336 e. The number of nitrogens with two attached hydrogens (primary N) is 1. The van der Waals surface area contributed by atoms with E-state index in [1.165, 1.54) is 23.5 Å². The highest BCUT2D eigenvalue weighted by Gasteiger charge is 2.23. The Morgan fingerprint density at radius 3 is 2.67 bits per heavy atom. The number of rotatable bonds is 3. The maximum atomic E-state index is 11.2. The molecule has 0 aliphatic heterocycles. The molecule has 0 bridgehead atoms. The molecule has 0 amide bonds. The number of thiophene rings is 1. The van der Waals surface area contributed by atoms with Gasteiger partial charge in [0.2, 0.25) is 0 Å². The summed E-state index contributed by atoms with van der Waals surface area (Å²) in [5.74, 6) is -1.24. The second-order valence-corrected chi connectivity index (χ2v) is 5.49. The topological polar surface area (TPSA) is 83.6 Å². The Morgan fingerprint density at radius 1 is 1.39 bits per heavy atom. The van der Waals surface area contributed by atoms with E-state index in [0.29, 0.717) is 4.47 Å². The Hall–Kier alpha value is -1.37. The lowest BCUT2D eigenvalue weighted by Crippen LogP contribution is -2.15. The van der Waals surface area contributed by atoms with Crippen LogP contribution in [0.15, 0.2) is 34.1 Å². The van der Waals surface area contributed by atoms with Crippen LogP contribution in [0.5, 0.6) is 5.75 Å². The van der Waals surface area contributed by atoms with E-state index in [9.17, 15) is 9.90 Å². The van der Waals surface area contributed by atoms with Gasteiger partial charge in [0.1, 0.15) is 5.75 Å². The van der Waals surface area contributed by atoms with E-state index in [2.05, 4.69) is 15.9 Å². The maximum Gasteiger partial charge on any atom is 0.336 e. The molecule has 0 spiro atoms. The first-order chi connectivity index (χ1) is 8.52. The number of halogens is 1. The van der Waals surface area contributed by atoms with E-state index >= 15 is 0 Å². The number of carboxylic acids is 1. The van der Waals surface area contributed by atoms with E-state index in [1.807, 2.05) is 11.4 Å². The lowest BCUT2D eigenvalue weighted by Gasteiger charge is -2.16. The monoisotopic (exact) mass is 327 g/mol. The van der Waals surface area contributed by atoms with Crippen molar-refractivity contribution >= 4 is 33.2 Å². The van der Waals surface area contributed by atoms with Crippen molar-refractivity contribution in [2.45, 2.75) is 6.04 Å². The highest BCUT2D eigenvalue weighted by molar-refractivity contribution is 9.10. The molecule has 0 fully saturated rings. The van der Waals surface area contributed by atoms with Gasteiger partial charge < -0.3 is 15.9 Å². The van der Waals surface area contributed by atoms with Gasteiger partial charge in [-0.15, -0.1) is 11.3 Å². The van der Waals surface area contributed by atoms with Crippen LogP contribution < -0.4 is 5.73 Å². The van der Waals surface area contributed by atoms with Crippen LogP contribution in [-0.4, -0.2) is 16.2 Å². The summed E-state index contributed by atoms with van der Waals surface area (Å²) in [5, 5.41) is 21.0. The molecule has 1 heterocycles. The molecule has 0 unspecified atom stereocenters. The Labute approximate surface area is 116 Å². The average Bonchev–Trinajstić information content (AvgIpc) is 2.84. The molecule has 2 aromatic rings. The van der Waals surface area contributed by atoms with Crippen LogP contribution in [0.25, 0.3) is 0 Å². The predicted molar refractivity (Wildman–Crippen MR) is 73.1 cm³/mol. The molecule has 0 saturated carbocycles. The van der Waals surface area contributed by atoms with Gasteiger partial charge in [-0.1, -0.05) is 6.07 Å². The maximum absolute atomic E-state index is 11.2. The van der Waals surface area contributed by atoms with Crippen molar-refractivity contribution in [3.05, 3.63) is 50.1 Å². The lowest BCUT2D eigenvalue weighted by atomic mass is 9.98. The molecule has 1 atom stereocenters. The third-order valence-electron chi connectivity index (χ3n) is 2.56. The average molecular weight is 328 g/mol. The second-order valence-electron chi connectivity index (χ2n) is 3.66. The molecule has 4 N–H and O–H groups in total. The molecular weight excluding hydrogens is 318 g/mol. The van der Waals surface area contributed by atoms with Crippen LogP contribution in [0.3, 0.4) is 0 Å². The van der Waals surface area contributed by atoms with Gasteiger partial charge in [0.15, 0.2) is 0 Å². The van der Waals surface area contributed by atoms with E-state index in [4.69, 9.17) is 10.8 Å². The minimum atomic E-state index is -1.11. The number of phenols is 1. The summed E-state index contributed by atoms with van der Waals surface area (Å²) in [6.45, 7) is 0. The van der Waals surface area contributed by atoms with Gasteiger partial charge in [-0.2, -0.15) is 0 Å². The number of hydrogen-bond acceptors (Lipinski definition) is 4. The summed E-state index contributed by atoms with van der Waals surface area (Å²) >= 11 is 4.58. The van der Waals surface area contributed by atoms with Crippen LogP contribution in [0, 0.1) is 0 Å². The van der Waals surface area contributed by atoms with Crippen LogP contribution in [0.1, 0.15) is 26.8 Å². The molecule has 2 rings (SSSR count). The highest BCUT2D eigenvalue weighted by atomic mass is 79.9. The Kier molecular flexibility index (Phi) is 3.70. The first kappa shape index (κ1) is 13.1. The van der Waals surface area contributed by atoms with Crippen LogP contribution in [0.2, 0.25) is 0 Å². The van der Waals surface area contributed by atoms with Crippen molar-refractivity contribution in [1.82, 2.24) is 0 Å². The SMILES string of the molecule is N[C@@H](c1cccs1)c1c(C(=O)O)ccc(Br)c1O. The molecule has 18 heavy (non-hydrogen) atoms. The highest BCUT2D eigenvalue weighted by Crippen LogP contribution is 2.37. The summed E-state index contributed by atoms with van der Waals surface area (Å²) in [7, 11) is 0. The first-order valence-corrected chi connectivity index (χ1v) is 6.73. The minimum Gasteiger partial charge on any atom is -0.506 e. The Morgan fingerprint density at radius 2 is 2.11 bits per heavy atom. The van der Waals surface area contributed by atoms with Gasteiger partial charge in [0, 0.05) is 10.4 Å². The molecule has 94 valence electrons. The zero-order valence-electron chi connectivity index (χ0n) is 9.13. The van der Waals surface area contributed by atoms with Gasteiger partial charge in [-0.25, -0.2) is 4.79 Å².